The standard InChI is InChI=1S/C14H19F2NO4S/c1-3-5-6-12(14(18)21-4-2)17-22(19,20)13-8-7-10(15)9-11(13)16/h7-9,12,17H,3-6H2,1-2H3. The minimum absolute atomic E-state index is 0.105. The Balaban J connectivity index is 3.01. The summed E-state index contributed by atoms with van der Waals surface area (Å²) in [6, 6.07) is 1.02. The third-order valence-electron chi connectivity index (χ3n) is 2.90. The summed E-state index contributed by atoms with van der Waals surface area (Å²) in [4.78, 5) is 11.1. The van der Waals surface area contributed by atoms with Gasteiger partial charge in [-0.15, -0.1) is 0 Å². The molecule has 1 rings (SSSR count). The highest BCUT2D eigenvalue weighted by atomic mass is 32.2. The number of hydrogen-bond donors (Lipinski definition) is 1. The van der Waals surface area contributed by atoms with Crippen molar-refractivity contribution in [2.24, 2.45) is 0 Å². The van der Waals surface area contributed by atoms with Gasteiger partial charge in [-0.1, -0.05) is 19.8 Å². The van der Waals surface area contributed by atoms with E-state index in [0.29, 0.717) is 12.5 Å². The summed E-state index contributed by atoms with van der Waals surface area (Å²) in [7, 11) is -4.29. The molecule has 0 radical (unpaired) electrons. The number of sulfonamides is 1. The highest BCUT2D eigenvalue weighted by molar-refractivity contribution is 7.89. The molecule has 0 saturated carbocycles. The van der Waals surface area contributed by atoms with Gasteiger partial charge in [0, 0.05) is 6.07 Å². The lowest BCUT2D eigenvalue weighted by molar-refractivity contribution is -0.145. The van der Waals surface area contributed by atoms with Crippen LogP contribution in [0, 0.1) is 11.6 Å². The zero-order valence-electron chi connectivity index (χ0n) is 12.4. The molecule has 0 aromatic heterocycles. The molecule has 22 heavy (non-hydrogen) atoms. The van der Waals surface area contributed by atoms with E-state index in [4.69, 9.17) is 4.74 Å². The number of esters is 1. The van der Waals surface area contributed by atoms with Gasteiger partial charge in [-0.3, -0.25) is 4.79 Å². The summed E-state index contributed by atoms with van der Waals surface area (Å²) in [5.74, 6) is -2.82. The molecule has 124 valence electrons. The fourth-order valence-electron chi connectivity index (χ4n) is 1.82. The lowest BCUT2D eigenvalue weighted by atomic mass is 10.1. The highest BCUT2D eigenvalue weighted by Crippen LogP contribution is 2.17. The second-order valence-electron chi connectivity index (χ2n) is 4.64. The quantitative estimate of drug-likeness (QED) is 0.740. The second kappa shape index (κ2) is 8.19. The molecule has 0 heterocycles. The molecule has 0 saturated heterocycles. The van der Waals surface area contributed by atoms with Crippen LogP contribution in [0.15, 0.2) is 23.1 Å². The smallest absolute Gasteiger partial charge is 0.324 e. The Morgan fingerprint density at radius 1 is 1.32 bits per heavy atom. The van der Waals surface area contributed by atoms with E-state index in [1.165, 1.54) is 0 Å². The van der Waals surface area contributed by atoms with Gasteiger partial charge in [-0.05, 0) is 25.5 Å². The topological polar surface area (TPSA) is 72.5 Å². The first-order valence-corrected chi connectivity index (χ1v) is 8.44. The van der Waals surface area contributed by atoms with Gasteiger partial charge >= 0.3 is 5.97 Å². The highest BCUT2D eigenvalue weighted by Gasteiger charge is 2.28. The van der Waals surface area contributed by atoms with Gasteiger partial charge in [0.15, 0.2) is 0 Å². The summed E-state index contributed by atoms with van der Waals surface area (Å²) >= 11 is 0. The molecule has 0 bridgehead atoms. The minimum atomic E-state index is -4.29. The maximum Gasteiger partial charge on any atom is 0.324 e. The molecule has 0 amide bonds. The number of hydrogen-bond acceptors (Lipinski definition) is 4. The van der Waals surface area contributed by atoms with Crippen molar-refractivity contribution in [3.8, 4) is 0 Å². The van der Waals surface area contributed by atoms with E-state index in [0.717, 1.165) is 18.6 Å². The molecule has 0 fully saturated rings. The Hall–Kier alpha value is -1.54. The number of unbranched alkanes of at least 4 members (excludes halogenated alkanes) is 1. The van der Waals surface area contributed by atoms with Gasteiger partial charge in [0.25, 0.3) is 0 Å². The van der Waals surface area contributed by atoms with E-state index in [2.05, 4.69) is 4.72 Å². The molecular weight excluding hydrogens is 316 g/mol. The van der Waals surface area contributed by atoms with Crippen molar-refractivity contribution in [2.45, 2.75) is 44.0 Å². The maximum atomic E-state index is 13.6. The number of benzene rings is 1. The van der Waals surface area contributed by atoms with Crippen LogP contribution >= 0.6 is 0 Å². The van der Waals surface area contributed by atoms with E-state index in [-0.39, 0.29) is 13.0 Å². The van der Waals surface area contributed by atoms with Crippen LogP contribution in [0.25, 0.3) is 0 Å². The monoisotopic (exact) mass is 335 g/mol. The number of carbonyl (C=O) groups is 1. The Bertz CT molecular complexity index is 619. The molecule has 1 unspecified atom stereocenters. The number of nitrogens with one attached hydrogen (secondary N) is 1. The third kappa shape index (κ3) is 5.03. The van der Waals surface area contributed by atoms with Crippen LogP contribution in [0.2, 0.25) is 0 Å². The van der Waals surface area contributed by atoms with Crippen molar-refractivity contribution in [1.82, 2.24) is 4.72 Å². The number of carbonyl (C=O) groups excluding carboxylic acids is 1. The summed E-state index contributed by atoms with van der Waals surface area (Å²) in [6.07, 6.45) is 1.58. The Morgan fingerprint density at radius 2 is 2.00 bits per heavy atom. The van der Waals surface area contributed by atoms with E-state index >= 15 is 0 Å². The van der Waals surface area contributed by atoms with Crippen LogP contribution in [0.3, 0.4) is 0 Å². The van der Waals surface area contributed by atoms with E-state index < -0.39 is 38.6 Å². The van der Waals surface area contributed by atoms with Crippen LogP contribution in [0.4, 0.5) is 8.78 Å². The molecule has 1 aromatic rings. The minimum Gasteiger partial charge on any atom is -0.465 e. The van der Waals surface area contributed by atoms with E-state index in [1.807, 2.05) is 6.92 Å². The van der Waals surface area contributed by atoms with Crippen LogP contribution in [0.1, 0.15) is 33.1 Å². The van der Waals surface area contributed by atoms with Crippen LogP contribution < -0.4 is 4.72 Å². The van der Waals surface area contributed by atoms with Crippen molar-refractivity contribution >= 4 is 16.0 Å². The molecule has 1 N–H and O–H groups in total. The lowest BCUT2D eigenvalue weighted by Crippen LogP contribution is -2.42. The normalized spacial score (nSPS) is 12.9. The first-order valence-electron chi connectivity index (χ1n) is 6.95. The number of rotatable bonds is 8. The van der Waals surface area contributed by atoms with Crippen molar-refractivity contribution in [1.29, 1.82) is 0 Å². The van der Waals surface area contributed by atoms with E-state index in [9.17, 15) is 22.0 Å². The van der Waals surface area contributed by atoms with Gasteiger partial charge < -0.3 is 4.74 Å². The fraction of sp³-hybridized carbons (Fsp3) is 0.500. The number of halogens is 2. The van der Waals surface area contributed by atoms with E-state index in [1.54, 1.807) is 6.92 Å². The van der Waals surface area contributed by atoms with Gasteiger partial charge in [0.05, 0.1) is 6.61 Å². The maximum absolute atomic E-state index is 13.6. The zero-order chi connectivity index (χ0) is 16.8. The molecule has 1 atom stereocenters. The molecular formula is C14H19F2NO4S. The van der Waals surface area contributed by atoms with Gasteiger partial charge in [-0.25, -0.2) is 17.2 Å². The molecule has 0 spiro atoms. The van der Waals surface area contributed by atoms with Crippen molar-refractivity contribution < 1.29 is 26.7 Å². The predicted octanol–water partition coefficient (Wildman–Crippen LogP) is 2.37. The first kappa shape index (κ1) is 18.5. The lowest BCUT2D eigenvalue weighted by Gasteiger charge is -2.17. The fourth-order valence-corrected chi connectivity index (χ4v) is 3.10. The van der Waals surface area contributed by atoms with Crippen LogP contribution in [0.5, 0.6) is 0 Å². The third-order valence-corrected chi connectivity index (χ3v) is 4.40. The average Bonchev–Trinajstić information content (AvgIpc) is 2.43. The number of ether oxygens (including phenoxy) is 1. The Labute approximate surface area is 128 Å². The summed E-state index contributed by atoms with van der Waals surface area (Å²) in [5, 5.41) is 0. The summed E-state index contributed by atoms with van der Waals surface area (Å²) < 4.78 is 57.8. The molecule has 8 heteroatoms. The van der Waals surface area contributed by atoms with Crippen molar-refractivity contribution in [3.05, 3.63) is 29.8 Å². The molecule has 1 aromatic carbocycles. The summed E-state index contributed by atoms with van der Waals surface area (Å²) in [5.41, 5.74) is 0. The Morgan fingerprint density at radius 3 is 2.55 bits per heavy atom. The van der Waals surface area contributed by atoms with Crippen molar-refractivity contribution in [2.75, 3.05) is 6.61 Å². The van der Waals surface area contributed by atoms with Crippen molar-refractivity contribution in [3.63, 3.8) is 0 Å². The summed E-state index contributed by atoms with van der Waals surface area (Å²) in [6.45, 7) is 3.59. The molecule has 5 nitrogen and oxygen atoms in total. The van der Waals surface area contributed by atoms with Gasteiger partial charge in [0.1, 0.15) is 22.6 Å². The Kier molecular flexibility index (Phi) is 6.89. The second-order valence-corrected chi connectivity index (χ2v) is 6.33. The molecule has 0 aliphatic carbocycles. The zero-order valence-corrected chi connectivity index (χ0v) is 13.3. The van der Waals surface area contributed by atoms with Crippen LogP contribution in [-0.2, 0) is 19.6 Å². The molecule has 0 aliphatic rings. The van der Waals surface area contributed by atoms with Gasteiger partial charge in [-0.2, -0.15) is 4.72 Å². The first-order chi connectivity index (χ1) is 10.3. The molecule has 0 aliphatic heterocycles. The van der Waals surface area contributed by atoms with Gasteiger partial charge in [0.2, 0.25) is 10.0 Å². The SMILES string of the molecule is CCCCC(NS(=O)(=O)c1ccc(F)cc1F)C(=O)OCC. The largest absolute Gasteiger partial charge is 0.465 e. The average molecular weight is 335 g/mol. The van der Waals surface area contributed by atoms with Crippen LogP contribution in [-0.4, -0.2) is 27.0 Å². The predicted molar refractivity (Wildman–Crippen MR) is 76.6 cm³/mol.